The Bertz CT molecular complexity index is 1360. The zero-order valence-corrected chi connectivity index (χ0v) is 17.9. The third-order valence-electron chi connectivity index (χ3n) is 5.77. The lowest BCUT2D eigenvalue weighted by atomic mass is 10.0. The van der Waals surface area contributed by atoms with Crippen LogP contribution in [-0.2, 0) is 4.79 Å². The molecule has 2 N–H and O–H groups in total. The molecule has 4 aromatic rings. The average Bonchev–Trinajstić information content (AvgIpc) is 3.50. The summed E-state index contributed by atoms with van der Waals surface area (Å²) in [7, 11) is 0. The van der Waals surface area contributed by atoms with E-state index in [1.807, 2.05) is 45.8 Å². The lowest BCUT2D eigenvalue weighted by Crippen LogP contribution is -2.30. The molecule has 3 heterocycles. The Morgan fingerprint density at radius 1 is 1.00 bits per heavy atom. The Kier molecular flexibility index (Phi) is 5.10. The number of nitrogens with two attached hydrogens (primary N) is 1. The maximum absolute atomic E-state index is 12.8. The SMILES string of the molecule is C=CC(=O)N1CCN(c2nc(-c3ccc(C(=O)c4ccccc4)cc3)c3c(N)nccn23)C1. The fourth-order valence-electron chi connectivity index (χ4n) is 4.07. The van der Waals surface area contributed by atoms with Crippen molar-refractivity contribution in [3.8, 4) is 11.3 Å². The maximum atomic E-state index is 12.8. The van der Waals surface area contributed by atoms with Crippen LogP contribution in [0.5, 0.6) is 0 Å². The van der Waals surface area contributed by atoms with Crippen LogP contribution < -0.4 is 10.6 Å². The van der Waals surface area contributed by atoms with Gasteiger partial charge in [0.1, 0.15) is 17.0 Å². The Labute approximate surface area is 190 Å². The third-order valence-corrected chi connectivity index (χ3v) is 5.77. The van der Waals surface area contributed by atoms with Crippen LogP contribution in [0.1, 0.15) is 15.9 Å². The monoisotopic (exact) mass is 438 g/mol. The lowest BCUT2D eigenvalue weighted by Gasteiger charge is -2.17. The van der Waals surface area contributed by atoms with E-state index in [1.165, 1.54) is 6.08 Å². The number of aromatic nitrogens is 3. The van der Waals surface area contributed by atoms with Crippen LogP contribution in [0.25, 0.3) is 16.8 Å². The zero-order chi connectivity index (χ0) is 22.9. The molecule has 2 aromatic carbocycles. The molecular weight excluding hydrogens is 416 g/mol. The molecule has 1 aliphatic heterocycles. The van der Waals surface area contributed by atoms with Crippen molar-refractivity contribution in [3.05, 3.63) is 90.8 Å². The van der Waals surface area contributed by atoms with Crippen molar-refractivity contribution in [2.24, 2.45) is 0 Å². The fourth-order valence-corrected chi connectivity index (χ4v) is 4.07. The lowest BCUT2D eigenvalue weighted by molar-refractivity contribution is -0.124. The number of fused-ring (bicyclic) bond motifs is 1. The van der Waals surface area contributed by atoms with E-state index >= 15 is 0 Å². The van der Waals surface area contributed by atoms with Crippen LogP contribution in [0.3, 0.4) is 0 Å². The first kappa shape index (κ1) is 20.4. The first-order valence-electron chi connectivity index (χ1n) is 10.6. The van der Waals surface area contributed by atoms with Crippen molar-refractivity contribution in [2.45, 2.75) is 0 Å². The van der Waals surface area contributed by atoms with Crippen molar-refractivity contribution in [3.63, 3.8) is 0 Å². The minimum Gasteiger partial charge on any atom is -0.382 e. The molecule has 8 nitrogen and oxygen atoms in total. The summed E-state index contributed by atoms with van der Waals surface area (Å²) in [5.41, 5.74) is 9.64. The molecule has 0 unspecified atom stereocenters. The Hall–Kier alpha value is -4.46. The van der Waals surface area contributed by atoms with Crippen molar-refractivity contribution in [1.29, 1.82) is 0 Å². The number of benzene rings is 2. The standard InChI is InChI=1S/C25H22N6O2/c1-2-20(32)29-14-15-30(16-29)25-28-21(22-24(26)27-12-13-31(22)25)17-8-10-19(11-9-17)23(33)18-6-4-3-5-7-18/h2-13H,1,14-16H2,(H2,26,27). The predicted molar refractivity (Wildman–Crippen MR) is 127 cm³/mol. The van der Waals surface area contributed by atoms with Gasteiger partial charge < -0.3 is 15.5 Å². The average molecular weight is 438 g/mol. The number of amides is 1. The second kappa shape index (κ2) is 8.23. The molecule has 0 bridgehead atoms. The number of hydrogen-bond acceptors (Lipinski definition) is 6. The fraction of sp³-hybridized carbons (Fsp3) is 0.120. The Balaban J connectivity index is 1.52. The molecule has 0 radical (unpaired) electrons. The summed E-state index contributed by atoms with van der Waals surface area (Å²) in [4.78, 5) is 37.6. The van der Waals surface area contributed by atoms with Crippen LogP contribution >= 0.6 is 0 Å². The van der Waals surface area contributed by atoms with E-state index in [2.05, 4.69) is 11.6 Å². The van der Waals surface area contributed by atoms with E-state index in [1.54, 1.807) is 35.4 Å². The van der Waals surface area contributed by atoms with E-state index in [4.69, 9.17) is 10.7 Å². The van der Waals surface area contributed by atoms with E-state index in [0.29, 0.717) is 53.9 Å². The summed E-state index contributed by atoms with van der Waals surface area (Å²) < 4.78 is 1.89. The van der Waals surface area contributed by atoms with Crippen LogP contribution in [0.4, 0.5) is 11.8 Å². The van der Waals surface area contributed by atoms with Gasteiger partial charge in [0, 0.05) is 42.2 Å². The van der Waals surface area contributed by atoms with Crippen LogP contribution in [0.15, 0.2) is 79.6 Å². The van der Waals surface area contributed by atoms with Crippen LogP contribution in [0, 0.1) is 0 Å². The van der Waals surface area contributed by atoms with Crippen molar-refractivity contribution in [2.75, 3.05) is 30.4 Å². The Morgan fingerprint density at radius 2 is 1.73 bits per heavy atom. The quantitative estimate of drug-likeness (QED) is 0.380. The summed E-state index contributed by atoms with van der Waals surface area (Å²) >= 11 is 0. The van der Waals surface area contributed by atoms with Crippen molar-refractivity contribution in [1.82, 2.24) is 19.3 Å². The molecule has 33 heavy (non-hydrogen) atoms. The molecule has 0 aliphatic carbocycles. The third kappa shape index (κ3) is 3.61. The van der Waals surface area contributed by atoms with E-state index < -0.39 is 0 Å². The van der Waals surface area contributed by atoms with Gasteiger partial charge in [0.15, 0.2) is 5.78 Å². The van der Waals surface area contributed by atoms with Gasteiger partial charge in [0.2, 0.25) is 11.9 Å². The second-order valence-electron chi connectivity index (χ2n) is 7.77. The number of ketones is 1. The second-order valence-corrected chi connectivity index (χ2v) is 7.77. The first-order valence-corrected chi connectivity index (χ1v) is 10.6. The summed E-state index contributed by atoms with van der Waals surface area (Å²) in [6, 6.07) is 16.5. The predicted octanol–water partition coefficient (Wildman–Crippen LogP) is 3.00. The highest BCUT2D eigenvalue weighted by molar-refractivity contribution is 6.09. The van der Waals surface area contributed by atoms with Gasteiger partial charge in [-0.15, -0.1) is 0 Å². The summed E-state index contributed by atoms with van der Waals surface area (Å²) in [5, 5.41) is 0. The van der Waals surface area contributed by atoms with Gasteiger partial charge >= 0.3 is 0 Å². The normalized spacial score (nSPS) is 13.5. The number of nitrogens with zero attached hydrogens (tertiary/aromatic N) is 5. The number of carbonyl (C=O) groups excluding carboxylic acids is 2. The largest absolute Gasteiger partial charge is 0.382 e. The molecule has 5 rings (SSSR count). The number of imidazole rings is 1. The number of rotatable bonds is 5. The van der Waals surface area contributed by atoms with E-state index in [-0.39, 0.29) is 11.7 Å². The molecule has 0 spiro atoms. The molecule has 0 atom stereocenters. The minimum absolute atomic E-state index is 0.0391. The highest BCUT2D eigenvalue weighted by Crippen LogP contribution is 2.32. The number of anilines is 2. The minimum atomic E-state index is -0.113. The molecule has 1 aliphatic rings. The van der Waals surface area contributed by atoms with Gasteiger partial charge in [-0.1, -0.05) is 61.2 Å². The van der Waals surface area contributed by atoms with Gasteiger partial charge in [0.25, 0.3) is 0 Å². The smallest absolute Gasteiger partial charge is 0.247 e. The molecular formula is C25H22N6O2. The topological polar surface area (TPSA) is 96.8 Å². The van der Waals surface area contributed by atoms with Crippen LogP contribution in [0.2, 0.25) is 0 Å². The van der Waals surface area contributed by atoms with E-state index in [9.17, 15) is 9.59 Å². The highest BCUT2D eigenvalue weighted by Gasteiger charge is 2.27. The first-order chi connectivity index (χ1) is 16.1. The molecule has 8 heteroatoms. The molecule has 0 saturated carbocycles. The number of nitrogen functional groups attached to an aromatic ring is 1. The summed E-state index contributed by atoms with van der Waals surface area (Å²) in [5.74, 6) is 0.882. The van der Waals surface area contributed by atoms with E-state index in [0.717, 1.165) is 5.56 Å². The number of carbonyl (C=O) groups is 2. The molecule has 2 aromatic heterocycles. The summed E-state index contributed by atoms with van der Waals surface area (Å²) in [6.45, 7) is 5.21. The van der Waals surface area contributed by atoms with Gasteiger partial charge in [-0.2, -0.15) is 0 Å². The molecule has 1 fully saturated rings. The van der Waals surface area contributed by atoms with Gasteiger partial charge in [-0.3, -0.25) is 14.0 Å². The van der Waals surface area contributed by atoms with Crippen molar-refractivity contribution >= 4 is 29.0 Å². The maximum Gasteiger partial charge on any atom is 0.247 e. The van der Waals surface area contributed by atoms with Crippen LogP contribution in [-0.4, -0.2) is 50.7 Å². The molecule has 164 valence electrons. The Morgan fingerprint density at radius 3 is 2.45 bits per heavy atom. The number of hydrogen-bond donors (Lipinski definition) is 1. The zero-order valence-electron chi connectivity index (χ0n) is 17.9. The van der Waals surface area contributed by atoms with Crippen molar-refractivity contribution < 1.29 is 9.59 Å². The van der Waals surface area contributed by atoms with Gasteiger partial charge in [-0.25, -0.2) is 9.97 Å². The van der Waals surface area contributed by atoms with Gasteiger partial charge in [0.05, 0.1) is 6.67 Å². The van der Waals surface area contributed by atoms with Gasteiger partial charge in [-0.05, 0) is 6.08 Å². The molecule has 1 saturated heterocycles. The summed E-state index contributed by atoms with van der Waals surface area (Å²) in [6.07, 6.45) is 4.75. The molecule has 1 amide bonds. The highest BCUT2D eigenvalue weighted by atomic mass is 16.2.